The first-order valence-corrected chi connectivity index (χ1v) is 11.2. The number of rotatable bonds is 5. The lowest BCUT2D eigenvalue weighted by molar-refractivity contribution is 0.122. The Morgan fingerprint density at radius 1 is 1.03 bits per heavy atom. The summed E-state index contributed by atoms with van der Waals surface area (Å²) >= 11 is 0. The highest BCUT2D eigenvalue weighted by Gasteiger charge is 2.24. The Kier molecular flexibility index (Phi) is 5.63. The van der Waals surface area contributed by atoms with Crippen LogP contribution in [0.2, 0.25) is 0 Å². The zero-order valence-corrected chi connectivity index (χ0v) is 18.3. The number of fused-ring (bicyclic) bond motifs is 1. The molecular formula is C23H30N6O2. The number of nitrogens with one attached hydrogen (secondary N) is 1. The van der Waals surface area contributed by atoms with E-state index >= 15 is 0 Å². The van der Waals surface area contributed by atoms with Gasteiger partial charge in [-0.1, -0.05) is 0 Å². The molecule has 0 unspecified atom stereocenters. The van der Waals surface area contributed by atoms with Crippen LogP contribution in [0.25, 0.3) is 11.0 Å². The monoisotopic (exact) mass is 422 g/mol. The van der Waals surface area contributed by atoms with Gasteiger partial charge < -0.3 is 19.7 Å². The van der Waals surface area contributed by atoms with E-state index in [-0.39, 0.29) is 6.10 Å². The van der Waals surface area contributed by atoms with Gasteiger partial charge in [-0.15, -0.1) is 0 Å². The molecule has 5 rings (SSSR count). The molecule has 8 heteroatoms. The molecule has 1 saturated carbocycles. The van der Waals surface area contributed by atoms with Gasteiger partial charge in [-0.05, 0) is 38.7 Å². The molecule has 1 aromatic carbocycles. The quantitative estimate of drug-likeness (QED) is 0.676. The molecule has 1 aliphatic heterocycles. The van der Waals surface area contributed by atoms with E-state index in [0.29, 0.717) is 6.04 Å². The second-order valence-electron chi connectivity index (χ2n) is 8.50. The summed E-state index contributed by atoms with van der Waals surface area (Å²) in [5, 5.41) is 8.11. The van der Waals surface area contributed by atoms with E-state index in [0.717, 1.165) is 86.0 Å². The number of nitrogens with zero attached hydrogens (tertiary/aromatic N) is 5. The van der Waals surface area contributed by atoms with E-state index in [1.54, 1.807) is 12.4 Å². The highest BCUT2D eigenvalue weighted by Crippen LogP contribution is 2.33. The Morgan fingerprint density at radius 3 is 2.55 bits per heavy atom. The molecule has 2 aromatic heterocycles. The molecule has 164 valence electrons. The first kappa shape index (κ1) is 20.1. The van der Waals surface area contributed by atoms with E-state index in [9.17, 15) is 0 Å². The Morgan fingerprint density at radius 2 is 1.81 bits per heavy atom. The minimum Gasteiger partial charge on any atom is -0.488 e. The van der Waals surface area contributed by atoms with Gasteiger partial charge in [0, 0.05) is 62.1 Å². The van der Waals surface area contributed by atoms with Gasteiger partial charge in [0.2, 0.25) is 0 Å². The number of ether oxygens (including phenoxy) is 2. The number of aryl methyl sites for hydroxylation is 2. The van der Waals surface area contributed by atoms with Crippen molar-refractivity contribution in [2.75, 3.05) is 36.5 Å². The summed E-state index contributed by atoms with van der Waals surface area (Å²) in [5.41, 5.74) is 4.01. The first-order chi connectivity index (χ1) is 15.2. The van der Waals surface area contributed by atoms with Crippen molar-refractivity contribution in [3.8, 4) is 5.75 Å². The molecule has 0 amide bonds. The fraction of sp³-hybridized carbons (Fsp3) is 0.522. The van der Waals surface area contributed by atoms with Gasteiger partial charge in [-0.3, -0.25) is 9.67 Å². The standard InChI is InChI=1S/C23H30N6O2/c1-16-13-22(27-28(16)2)26-17-3-5-19(6-4-17)31-21-15-18(29-9-11-30-12-10-29)14-20-23(21)25-8-7-24-20/h7-8,13-15,17,19H,3-6,9-12H2,1-2H3,(H,26,27). The predicted molar refractivity (Wildman–Crippen MR) is 121 cm³/mol. The number of aromatic nitrogens is 4. The summed E-state index contributed by atoms with van der Waals surface area (Å²) < 4.78 is 13.9. The van der Waals surface area contributed by atoms with Gasteiger partial charge in [-0.2, -0.15) is 5.10 Å². The fourth-order valence-corrected chi connectivity index (χ4v) is 4.47. The van der Waals surface area contributed by atoms with Gasteiger partial charge in [-0.25, -0.2) is 4.98 Å². The van der Waals surface area contributed by atoms with E-state index in [4.69, 9.17) is 9.47 Å². The summed E-state index contributed by atoms with van der Waals surface area (Å²) in [6.45, 7) is 5.34. The van der Waals surface area contributed by atoms with Crippen molar-refractivity contribution in [2.24, 2.45) is 7.05 Å². The smallest absolute Gasteiger partial charge is 0.149 e. The molecule has 1 saturated heterocycles. The number of morpholine rings is 1. The second kappa shape index (κ2) is 8.70. The van der Waals surface area contributed by atoms with E-state index in [1.165, 1.54) is 0 Å². The fourth-order valence-electron chi connectivity index (χ4n) is 4.47. The van der Waals surface area contributed by atoms with Gasteiger partial charge in [0.05, 0.1) is 24.8 Å². The summed E-state index contributed by atoms with van der Waals surface area (Å²) in [4.78, 5) is 11.4. The van der Waals surface area contributed by atoms with Crippen molar-refractivity contribution >= 4 is 22.5 Å². The average molecular weight is 423 g/mol. The van der Waals surface area contributed by atoms with Crippen LogP contribution in [0.5, 0.6) is 5.75 Å². The normalized spacial score (nSPS) is 21.9. The van der Waals surface area contributed by atoms with Crippen LogP contribution in [0.4, 0.5) is 11.5 Å². The van der Waals surface area contributed by atoms with Gasteiger partial charge in [0.15, 0.2) is 0 Å². The molecule has 1 N–H and O–H groups in total. The first-order valence-electron chi connectivity index (χ1n) is 11.2. The maximum absolute atomic E-state index is 6.51. The number of hydrogen-bond acceptors (Lipinski definition) is 7. The van der Waals surface area contributed by atoms with Crippen LogP contribution in [0.3, 0.4) is 0 Å². The molecule has 31 heavy (non-hydrogen) atoms. The SMILES string of the molecule is Cc1cc(NC2CCC(Oc3cc(N4CCOCC4)cc4nccnc34)CC2)nn1C. The van der Waals surface area contributed by atoms with Crippen molar-refractivity contribution < 1.29 is 9.47 Å². The van der Waals surface area contributed by atoms with Crippen molar-refractivity contribution in [1.82, 2.24) is 19.7 Å². The van der Waals surface area contributed by atoms with E-state index in [2.05, 4.69) is 50.4 Å². The lowest BCUT2D eigenvalue weighted by atomic mass is 9.93. The zero-order valence-electron chi connectivity index (χ0n) is 18.3. The molecule has 3 aromatic rings. The molecule has 0 radical (unpaired) electrons. The summed E-state index contributed by atoms with van der Waals surface area (Å²) in [7, 11) is 1.98. The average Bonchev–Trinajstić information content (AvgIpc) is 3.12. The third-order valence-electron chi connectivity index (χ3n) is 6.33. The van der Waals surface area contributed by atoms with Crippen LogP contribution in [0.1, 0.15) is 31.4 Å². The van der Waals surface area contributed by atoms with Crippen molar-refractivity contribution in [3.63, 3.8) is 0 Å². The Bertz CT molecular complexity index is 1020. The molecule has 0 bridgehead atoms. The Hall–Kier alpha value is -2.87. The molecule has 0 spiro atoms. The van der Waals surface area contributed by atoms with Crippen LogP contribution >= 0.6 is 0 Å². The second-order valence-corrected chi connectivity index (χ2v) is 8.50. The molecular weight excluding hydrogens is 392 g/mol. The van der Waals surface area contributed by atoms with Crippen LogP contribution in [-0.2, 0) is 11.8 Å². The van der Waals surface area contributed by atoms with Crippen molar-refractivity contribution in [2.45, 2.75) is 44.8 Å². The number of hydrogen-bond donors (Lipinski definition) is 1. The maximum atomic E-state index is 6.51. The number of benzene rings is 1. The van der Waals surface area contributed by atoms with Gasteiger partial charge in [0.25, 0.3) is 0 Å². The minimum atomic E-state index is 0.189. The third-order valence-corrected chi connectivity index (χ3v) is 6.33. The summed E-state index contributed by atoms with van der Waals surface area (Å²) in [6.07, 6.45) is 7.80. The maximum Gasteiger partial charge on any atom is 0.149 e. The van der Waals surface area contributed by atoms with E-state index < -0.39 is 0 Å². The molecule has 8 nitrogen and oxygen atoms in total. The van der Waals surface area contributed by atoms with Crippen LogP contribution in [-0.4, -0.2) is 58.2 Å². The summed E-state index contributed by atoms with van der Waals surface area (Å²) in [6, 6.07) is 6.77. The zero-order chi connectivity index (χ0) is 21.2. The topological polar surface area (TPSA) is 77.3 Å². The van der Waals surface area contributed by atoms with Crippen LogP contribution in [0.15, 0.2) is 30.6 Å². The minimum absolute atomic E-state index is 0.189. The molecule has 3 heterocycles. The van der Waals surface area contributed by atoms with Crippen molar-refractivity contribution in [3.05, 3.63) is 36.3 Å². The molecule has 1 aliphatic carbocycles. The van der Waals surface area contributed by atoms with Crippen LogP contribution in [0, 0.1) is 6.92 Å². The highest BCUT2D eigenvalue weighted by molar-refractivity contribution is 5.85. The number of anilines is 2. The lowest BCUT2D eigenvalue weighted by Gasteiger charge is -2.31. The van der Waals surface area contributed by atoms with Gasteiger partial charge in [0.1, 0.15) is 17.1 Å². The lowest BCUT2D eigenvalue weighted by Crippen LogP contribution is -2.36. The molecule has 2 aliphatic rings. The van der Waals surface area contributed by atoms with Gasteiger partial charge >= 0.3 is 0 Å². The van der Waals surface area contributed by atoms with Crippen LogP contribution < -0.4 is 15.0 Å². The molecule has 0 atom stereocenters. The third kappa shape index (κ3) is 4.44. The van der Waals surface area contributed by atoms with Crippen molar-refractivity contribution in [1.29, 1.82) is 0 Å². The highest BCUT2D eigenvalue weighted by atomic mass is 16.5. The largest absolute Gasteiger partial charge is 0.488 e. The Labute approximate surface area is 182 Å². The predicted octanol–water partition coefficient (Wildman–Crippen LogP) is 3.31. The Balaban J connectivity index is 1.28. The summed E-state index contributed by atoms with van der Waals surface area (Å²) in [5.74, 6) is 1.80. The molecule has 2 fully saturated rings. The van der Waals surface area contributed by atoms with E-state index in [1.807, 2.05) is 11.7 Å².